The zero-order valence-corrected chi connectivity index (χ0v) is 10.3. The Morgan fingerprint density at radius 2 is 1.93 bits per heavy atom. The Morgan fingerprint density at radius 3 is 2.47 bits per heavy atom. The molecule has 0 bridgehead atoms. The quantitative estimate of drug-likeness (QED) is 0.692. The first kappa shape index (κ1) is 12.5. The van der Waals surface area contributed by atoms with Gasteiger partial charge in [0, 0.05) is 12.7 Å². The third kappa shape index (κ3) is 4.63. The smallest absolute Gasteiger partial charge is 0.129 e. The van der Waals surface area contributed by atoms with Crippen molar-refractivity contribution in [2.45, 2.75) is 33.2 Å². The Kier molecular flexibility index (Phi) is 5.66. The van der Waals surface area contributed by atoms with Gasteiger partial charge in [0.1, 0.15) is 5.15 Å². The molecule has 0 spiro atoms. The minimum absolute atomic E-state index is 0.584. The monoisotopic (exact) mass is 226 g/mol. The highest BCUT2D eigenvalue weighted by Crippen LogP contribution is 2.10. The van der Waals surface area contributed by atoms with E-state index in [1.807, 2.05) is 12.1 Å². The van der Waals surface area contributed by atoms with E-state index in [9.17, 15) is 0 Å². The van der Waals surface area contributed by atoms with Crippen molar-refractivity contribution in [3.63, 3.8) is 0 Å². The number of nitrogens with zero attached hydrogens (tertiary/aromatic N) is 2. The molecule has 1 rings (SSSR count). The third-order valence-electron chi connectivity index (χ3n) is 2.28. The fourth-order valence-corrected chi connectivity index (χ4v) is 1.90. The Labute approximate surface area is 97.3 Å². The van der Waals surface area contributed by atoms with Crippen LogP contribution in [0.1, 0.15) is 32.3 Å². The van der Waals surface area contributed by atoms with E-state index in [1.165, 1.54) is 18.4 Å². The summed E-state index contributed by atoms with van der Waals surface area (Å²) in [5.74, 6) is 0. The summed E-state index contributed by atoms with van der Waals surface area (Å²) in [5, 5.41) is 0.584. The first-order valence-corrected chi connectivity index (χ1v) is 5.96. The minimum Gasteiger partial charge on any atom is -0.299 e. The average Bonchev–Trinajstić information content (AvgIpc) is 2.18. The zero-order chi connectivity index (χ0) is 11.1. The van der Waals surface area contributed by atoms with Gasteiger partial charge in [0.05, 0.1) is 0 Å². The molecular weight excluding hydrogens is 208 g/mol. The largest absolute Gasteiger partial charge is 0.299 e. The van der Waals surface area contributed by atoms with Crippen molar-refractivity contribution in [1.29, 1.82) is 0 Å². The first-order valence-electron chi connectivity index (χ1n) is 5.59. The van der Waals surface area contributed by atoms with Gasteiger partial charge in [-0.05, 0) is 43.6 Å². The van der Waals surface area contributed by atoms with Crippen molar-refractivity contribution in [2.75, 3.05) is 13.1 Å². The lowest BCUT2D eigenvalue weighted by molar-refractivity contribution is 0.266. The second-order valence-electron chi connectivity index (χ2n) is 3.76. The van der Waals surface area contributed by atoms with Crippen molar-refractivity contribution in [1.82, 2.24) is 9.88 Å². The van der Waals surface area contributed by atoms with Gasteiger partial charge in [-0.3, -0.25) is 4.90 Å². The zero-order valence-electron chi connectivity index (χ0n) is 9.54. The maximum absolute atomic E-state index is 5.85. The van der Waals surface area contributed by atoms with Crippen LogP contribution < -0.4 is 0 Å². The summed E-state index contributed by atoms with van der Waals surface area (Å²) in [6.07, 6.45) is 4.16. The molecular formula is C12H19ClN2. The predicted molar refractivity (Wildman–Crippen MR) is 65.1 cm³/mol. The number of aromatic nitrogens is 1. The van der Waals surface area contributed by atoms with Crippen LogP contribution in [-0.4, -0.2) is 23.0 Å². The fraction of sp³-hybridized carbons (Fsp3) is 0.583. The SMILES string of the molecule is CCCN(CCC)Cc1ccnc(Cl)c1. The average molecular weight is 227 g/mol. The van der Waals surface area contributed by atoms with Gasteiger partial charge < -0.3 is 0 Å². The number of hydrogen-bond acceptors (Lipinski definition) is 2. The molecule has 0 atom stereocenters. The molecule has 2 nitrogen and oxygen atoms in total. The van der Waals surface area contributed by atoms with Gasteiger partial charge in [0.15, 0.2) is 0 Å². The van der Waals surface area contributed by atoms with Crippen LogP contribution in [0.25, 0.3) is 0 Å². The van der Waals surface area contributed by atoms with Crippen molar-refractivity contribution in [3.8, 4) is 0 Å². The standard InChI is InChI=1S/C12H19ClN2/c1-3-7-15(8-4-2)10-11-5-6-14-12(13)9-11/h5-6,9H,3-4,7-8,10H2,1-2H3. The summed E-state index contributed by atoms with van der Waals surface area (Å²) < 4.78 is 0. The Morgan fingerprint density at radius 1 is 1.27 bits per heavy atom. The van der Waals surface area contributed by atoms with Gasteiger partial charge in [-0.15, -0.1) is 0 Å². The molecule has 0 aliphatic rings. The number of rotatable bonds is 6. The van der Waals surface area contributed by atoms with Gasteiger partial charge in [0.25, 0.3) is 0 Å². The molecule has 0 saturated heterocycles. The number of pyridine rings is 1. The molecule has 84 valence electrons. The van der Waals surface area contributed by atoms with Crippen LogP contribution in [0.5, 0.6) is 0 Å². The summed E-state index contributed by atoms with van der Waals surface area (Å²) in [6, 6.07) is 3.98. The molecule has 1 aromatic rings. The van der Waals surface area contributed by atoms with Gasteiger partial charge in [-0.25, -0.2) is 4.98 Å². The normalized spacial score (nSPS) is 10.9. The second-order valence-corrected chi connectivity index (χ2v) is 4.15. The van der Waals surface area contributed by atoms with E-state index >= 15 is 0 Å². The van der Waals surface area contributed by atoms with Gasteiger partial charge in [0.2, 0.25) is 0 Å². The lowest BCUT2D eigenvalue weighted by atomic mass is 10.2. The Balaban J connectivity index is 2.56. The minimum atomic E-state index is 0.584. The summed E-state index contributed by atoms with van der Waals surface area (Å²) in [7, 11) is 0. The Hall–Kier alpha value is -0.600. The van der Waals surface area contributed by atoms with E-state index in [0.29, 0.717) is 5.15 Å². The van der Waals surface area contributed by atoms with Gasteiger partial charge in [-0.2, -0.15) is 0 Å². The molecule has 0 radical (unpaired) electrons. The summed E-state index contributed by atoms with van der Waals surface area (Å²) in [5.41, 5.74) is 1.25. The van der Waals surface area contributed by atoms with E-state index in [-0.39, 0.29) is 0 Å². The van der Waals surface area contributed by atoms with Crippen molar-refractivity contribution >= 4 is 11.6 Å². The first-order chi connectivity index (χ1) is 7.26. The number of halogens is 1. The highest BCUT2D eigenvalue weighted by atomic mass is 35.5. The molecule has 1 heterocycles. The molecule has 0 aromatic carbocycles. The highest BCUT2D eigenvalue weighted by molar-refractivity contribution is 6.29. The summed E-state index contributed by atoms with van der Waals surface area (Å²) >= 11 is 5.85. The molecule has 0 N–H and O–H groups in total. The van der Waals surface area contributed by atoms with E-state index < -0.39 is 0 Å². The van der Waals surface area contributed by atoms with Crippen LogP contribution in [0.3, 0.4) is 0 Å². The molecule has 0 aliphatic heterocycles. The fourth-order valence-electron chi connectivity index (χ4n) is 1.70. The lowest BCUT2D eigenvalue weighted by Crippen LogP contribution is -2.24. The van der Waals surface area contributed by atoms with E-state index in [2.05, 4.69) is 23.7 Å². The lowest BCUT2D eigenvalue weighted by Gasteiger charge is -2.20. The maximum Gasteiger partial charge on any atom is 0.129 e. The molecule has 0 amide bonds. The van der Waals surface area contributed by atoms with Crippen LogP contribution >= 0.6 is 11.6 Å². The second kappa shape index (κ2) is 6.81. The van der Waals surface area contributed by atoms with Crippen LogP contribution in [0, 0.1) is 0 Å². The molecule has 0 aliphatic carbocycles. The van der Waals surface area contributed by atoms with Crippen LogP contribution in [0.4, 0.5) is 0 Å². The van der Waals surface area contributed by atoms with Crippen molar-refractivity contribution < 1.29 is 0 Å². The van der Waals surface area contributed by atoms with E-state index in [0.717, 1.165) is 19.6 Å². The molecule has 3 heteroatoms. The van der Waals surface area contributed by atoms with E-state index in [1.54, 1.807) is 6.20 Å². The van der Waals surface area contributed by atoms with Crippen LogP contribution in [0.2, 0.25) is 5.15 Å². The number of hydrogen-bond donors (Lipinski definition) is 0. The third-order valence-corrected chi connectivity index (χ3v) is 2.48. The van der Waals surface area contributed by atoms with Crippen molar-refractivity contribution in [2.24, 2.45) is 0 Å². The topological polar surface area (TPSA) is 16.1 Å². The van der Waals surface area contributed by atoms with Crippen LogP contribution in [0.15, 0.2) is 18.3 Å². The van der Waals surface area contributed by atoms with Crippen LogP contribution in [-0.2, 0) is 6.54 Å². The van der Waals surface area contributed by atoms with Gasteiger partial charge >= 0.3 is 0 Å². The molecule has 0 fully saturated rings. The van der Waals surface area contributed by atoms with Crippen molar-refractivity contribution in [3.05, 3.63) is 29.0 Å². The summed E-state index contributed by atoms with van der Waals surface area (Å²) in [6.45, 7) is 7.69. The highest BCUT2D eigenvalue weighted by Gasteiger charge is 2.04. The molecule has 0 saturated carbocycles. The molecule has 15 heavy (non-hydrogen) atoms. The Bertz CT molecular complexity index is 283. The van der Waals surface area contributed by atoms with E-state index in [4.69, 9.17) is 11.6 Å². The molecule has 0 unspecified atom stereocenters. The van der Waals surface area contributed by atoms with Gasteiger partial charge in [-0.1, -0.05) is 25.4 Å². The maximum atomic E-state index is 5.85. The predicted octanol–water partition coefficient (Wildman–Crippen LogP) is 3.36. The summed E-state index contributed by atoms with van der Waals surface area (Å²) in [4.78, 5) is 6.44. The molecule has 1 aromatic heterocycles.